The van der Waals surface area contributed by atoms with Gasteiger partial charge in [0.05, 0.1) is 6.54 Å². The van der Waals surface area contributed by atoms with E-state index in [4.69, 9.17) is 4.52 Å². The van der Waals surface area contributed by atoms with Crippen LogP contribution in [0.2, 0.25) is 0 Å². The van der Waals surface area contributed by atoms with Crippen molar-refractivity contribution in [3.05, 3.63) is 11.7 Å². The summed E-state index contributed by atoms with van der Waals surface area (Å²) in [6, 6.07) is 0.441. The van der Waals surface area contributed by atoms with E-state index < -0.39 is 0 Å². The Hall–Kier alpha value is -0.550. The van der Waals surface area contributed by atoms with Crippen molar-refractivity contribution in [3.8, 4) is 0 Å². The Morgan fingerprint density at radius 3 is 2.62 bits per heavy atom. The van der Waals surface area contributed by atoms with Crippen molar-refractivity contribution in [1.29, 1.82) is 0 Å². The molecule has 0 bridgehead atoms. The zero-order valence-electron chi connectivity index (χ0n) is 10.7. The molecule has 1 rings (SSSR count). The summed E-state index contributed by atoms with van der Waals surface area (Å²) in [5.41, 5.74) is 0. The molecule has 0 saturated carbocycles. The van der Waals surface area contributed by atoms with Gasteiger partial charge in [0.25, 0.3) is 0 Å². The van der Waals surface area contributed by atoms with Gasteiger partial charge in [-0.15, -0.1) is 0 Å². The third-order valence-electron chi connectivity index (χ3n) is 1.94. The maximum absolute atomic E-state index is 5.03. The topological polar surface area (TPSA) is 51.0 Å². The highest BCUT2D eigenvalue weighted by molar-refractivity contribution is 8.00. The molecule has 4 nitrogen and oxygen atoms in total. The van der Waals surface area contributed by atoms with Gasteiger partial charge in [-0.25, -0.2) is 0 Å². The second-order valence-electron chi connectivity index (χ2n) is 4.94. The van der Waals surface area contributed by atoms with Gasteiger partial charge in [0, 0.05) is 16.5 Å². The molecule has 1 heterocycles. The van der Waals surface area contributed by atoms with E-state index in [0.717, 1.165) is 5.75 Å². The number of aromatic nitrogens is 2. The van der Waals surface area contributed by atoms with Gasteiger partial charge in [-0.2, -0.15) is 16.7 Å². The van der Waals surface area contributed by atoms with Gasteiger partial charge in [-0.05, 0) is 13.8 Å². The molecule has 0 amide bonds. The van der Waals surface area contributed by atoms with E-state index in [9.17, 15) is 0 Å². The van der Waals surface area contributed by atoms with Crippen LogP contribution in [0.1, 0.15) is 39.4 Å². The molecule has 16 heavy (non-hydrogen) atoms. The molecule has 0 spiro atoms. The molecule has 1 atom stereocenters. The Morgan fingerprint density at radius 1 is 1.44 bits per heavy atom. The number of thioether (sulfide) groups is 1. The van der Waals surface area contributed by atoms with E-state index >= 15 is 0 Å². The molecule has 1 aromatic heterocycles. The first kappa shape index (κ1) is 13.5. The first-order valence-electron chi connectivity index (χ1n) is 5.53. The summed E-state index contributed by atoms with van der Waals surface area (Å²) in [4.78, 5) is 4.14. The fourth-order valence-corrected chi connectivity index (χ4v) is 1.98. The Balaban J connectivity index is 2.22. The van der Waals surface area contributed by atoms with E-state index in [2.05, 4.69) is 43.2 Å². The van der Waals surface area contributed by atoms with Crippen LogP contribution >= 0.6 is 11.8 Å². The zero-order valence-corrected chi connectivity index (χ0v) is 11.5. The molecule has 0 aliphatic carbocycles. The Labute approximate surface area is 102 Å². The molecule has 0 fully saturated rings. The molecule has 92 valence electrons. The van der Waals surface area contributed by atoms with E-state index in [0.29, 0.717) is 29.0 Å². The van der Waals surface area contributed by atoms with Crippen molar-refractivity contribution in [3.63, 3.8) is 0 Å². The predicted octanol–water partition coefficient (Wildman–Crippen LogP) is 2.39. The van der Waals surface area contributed by atoms with Crippen LogP contribution in [0.3, 0.4) is 0 Å². The first-order valence-corrected chi connectivity index (χ1v) is 6.52. The predicted molar refractivity (Wildman–Crippen MR) is 67.5 cm³/mol. The van der Waals surface area contributed by atoms with Crippen molar-refractivity contribution in [1.82, 2.24) is 15.5 Å². The SMILES string of the molecule is Cc1noc(CNC(C)CSC(C)(C)C)n1. The van der Waals surface area contributed by atoms with Gasteiger partial charge in [-0.3, -0.25) is 0 Å². The smallest absolute Gasteiger partial charge is 0.240 e. The van der Waals surface area contributed by atoms with Gasteiger partial charge in [-0.1, -0.05) is 25.9 Å². The molecule has 5 heteroatoms. The second kappa shape index (κ2) is 5.68. The largest absolute Gasteiger partial charge is 0.338 e. The van der Waals surface area contributed by atoms with Crippen LogP contribution in [-0.4, -0.2) is 26.7 Å². The summed E-state index contributed by atoms with van der Waals surface area (Å²) in [6.07, 6.45) is 0. The molecule has 0 aromatic carbocycles. The van der Waals surface area contributed by atoms with Crippen molar-refractivity contribution >= 4 is 11.8 Å². The fourth-order valence-electron chi connectivity index (χ4n) is 1.11. The Kier molecular flexibility index (Phi) is 4.80. The van der Waals surface area contributed by atoms with Crippen molar-refractivity contribution in [2.75, 3.05) is 5.75 Å². The minimum atomic E-state index is 0.316. The third kappa shape index (κ3) is 5.51. The molecule has 0 radical (unpaired) electrons. The van der Waals surface area contributed by atoms with Crippen molar-refractivity contribution in [2.24, 2.45) is 0 Å². The van der Waals surface area contributed by atoms with Crippen LogP contribution in [0.4, 0.5) is 0 Å². The Morgan fingerprint density at radius 2 is 2.12 bits per heavy atom. The average Bonchev–Trinajstić information content (AvgIpc) is 2.57. The molecular formula is C11H21N3OS. The Bertz CT molecular complexity index is 319. The van der Waals surface area contributed by atoms with E-state index in [1.165, 1.54) is 0 Å². The lowest BCUT2D eigenvalue weighted by atomic mass is 10.3. The summed E-state index contributed by atoms with van der Waals surface area (Å²) in [6.45, 7) is 11.3. The van der Waals surface area contributed by atoms with Gasteiger partial charge >= 0.3 is 0 Å². The molecule has 0 aliphatic heterocycles. The van der Waals surface area contributed by atoms with Crippen LogP contribution in [0.25, 0.3) is 0 Å². The molecule has 1 N–H and O–H groups in total. The summed E-state index contributed by atoms with van der Waals surface area (Å²) in [5.74, 6) is 2.43. The van der Waals surface area contributed by atoms with Crippen LogP contribution < -0.4 is 5.32 Å². The average molecular weight is 243 g/mol. The summed E-state index contributed by atoms with van der Waals surface area (Å²) in [7, 11) is 0. The van der Waals surface area contributed by atoms with Gasteiger partial charge in [0.1, 0.15) is 0 Å². The molecule has 1 aromatic rings. The first-order chi connectivity index (χ1) is 7.37. The van der Waals surface area contributed by atoms with Crippen LogP contribution in [0.5, 0.6) is 0 Å². The fraction of sp³-hybridized carbons (Fsp3) is 0.818. The quantitative estimate of drug-likeness (QED) is 0.860. The lowest BCUT2D eigenvalue weighted by molar-refractivity contribution is 0.359. The molecular weight excluding hydrogens is 222 g/mol. The van der Waals surface area contributed by atoms with Crippen LogP contribution in [0, 0.1) is 6.92 Å². The lowest BCUT2D eigenvalue weighted by Gasteiger charge is -2.20. The van der Waals surface area contributed by atoms with Crippen molar-refractivity contribution < 1.29 is 4.52 Å². The number of aryl methyl sites for hydroxylation is 1. The van der Waals surface area contributed by atoms with Gasteiger partial charge in [0.15, 0.2) is 5.82 Å². The monoisotopic (exact) mass is 243 g/mol. The summed E-state index contributed by atoms with van der Waals surface area (Å²) >= 11 is 1.95. The highest BCUT2D eigenvalue weighted by atomic mass is 32.2. The standard InChI is InChI=1S/C11H21N3OS/c1-8(7-16-11(3,4)5)12-6-10-13-9(2)14-15-10/h8,12H,6-7H2,1-5H3. The zero-order chi connectivity index (χ0) is 12.2. The minimum absolute atomic E-state index is 0.316. The van der Waals surface area contributed by atoms with Crippen molar-refractivity contribution in [2.45, 2.75) is 52.0 Å². The number of hydrogen-bond donors (Lipinski definition) is 1. The molecule has 1 unspecified atom stereocenters. The summed E-state index contributed by atoms with van der Waals surface area (Å²) in [5, 5.41) is 7.12. The number of nitrogens with one attached hydrogen (secondary N) is 1. The normalized spacial score (nSPS) is 14.1. The minimum Gasteiger partial charge on any atom is -0.338 e. The maximum atomic E-state index is 5.03. The number of rotatable bonds is 5. The van der Waals surface area contributed by atoms with Crippen LogP contribution in [-0.2, 0) is 6.54 Å². The lowest BCUT2D eigenvalue weighted by Crippen LogP contribution is -2.29. The molecule has 0 aliphatic rings. The van der Waals surface area contributed by atoms with Gasteiger partial charge in [0.2, 0.25) is 5.89 Å². The highest BCUT2D eigenvalue weighted by Crippen LogP contribution is 2.23. The van der Waals surface area contributed by atoms with E-state index in [1.54, 1.807) is 0 Å². The molecule has 0 saturated heterocycles. The number of hydrogen-bond acceptors (Lipinski definition) is 5. The highest BCUT2D eigenvalue weighted by Gasteiger charge is 2.13. The third-order valence-corrected chi connectivity index (χ3v) is 3.47. The second-order valence-corrected chi connectivity index (χ2v) is 6.79. The summed E-state index contributed by atoms with van der Waals surface area (Å²) < 4.78 is 5.35. The maximum Gasteiger partial charge on any atom is 0.240 e. The van der Waals surface area contributed by atoms with E-state index in [1.807, 2.05) is 18.7 Å². The van der Waals surface area contributed by atoms with Gasteiger partial charge < -0.3 is 9.84 Å². The number of nitrogens with zero attached hydrogens (tertiary/aromatic N) is 2. The van der Waals surface area contributed by atoms with Crippen LogP contribution in [0.15, 0.2) is 4.52 Å². The van der Waals surface area contributed by atoms with E-state index in [-0.39, 0.29) is 0 Å².